The van der Waals surface area contributed by atoms with Crippen molar-refractivity contribution in [2.75, 3.05) is 6.54 Å². The van der Waals surface area contributed by atoms with Crippen LogP contribution < -0.4 is 5.73 Å². The molecule has 2 unspecified atom stereocenters. The van der Waals surface area contributed by atoms with E-state index in [1.165, 1.54) is 0 Å². The van der Waals surface area contributed by atoms with Crippen LogP contribution in [0, 0.1) is 0 Å². The third kappa shape index (κ3) is 2.11. The lowest BCUT2D eigenvalue weighted by Crippen LogP contribution is -2.25. The second-order valence-corrected chi connectivity index (χ2v) is 2.93. The normalized spacial score (nSPS) is 28.3. The number of nitrogens with two attached hydrogens (primary N) is 1. The summed E-state index contributed by atoms with van der Waals surface area (Å²) in [6.45, 7) is 2.58. The summed E-state index contributed by atoms with van der Waals surface area (Å²) < 4.78 is 9.88. The molecule has 1 aliphatic rings. The molecular formula is C8H15NO3. The van der Waals surface area contributed by atoms with Crippen molar-refractivity contribution >= 4 is 6.16 Å². The maximum Gasteiger partial charge on any atom is 0.509 e. The average Bonchev–Trinajstić information content (AvgIpc) is 2.33. The molecule has 12 heavy (non-hydrogen) atoms. The molecule has 0 radical (unpaired) electrons. The lowest BCUT2D eigenvalue weighted by molar-refractivity contribution is 0.114. The maximum atomic E-state index is 10.7. The largest absolute Gasteiger partial charge is 0.509 e. The van der Waals surface area contributed by atoms with Gasteiger partial charge in [-0.15, -0.1) is 0 Å². The van der Waals surface area contributed by atoms with Crippen molar-refractivity contribution in [2.45, 2.75) is 38.4 Å². The van der Waals surface area contributed by atoms with Crippen molar-refractivity contribution in [1.82, 2.24) is 0 Å². The minimum absolute atomic E-state index is 0.0777. The first-order chi connectivity index (χ1) is 5.77. The van der Waals surface area contributed by atoms with Gasteiger partial charge in [0.05, 0.1) is 0 Å². The summed E-state index contributed by atoms with van der Waals surface area (Å²) in [5.41, 5.74) is 5.37. The molecule has 2 atom stereocenters. The van der Waals surface area contributed by atoms with E-state index in [2.05, 4.69) is 0 Å². The van der Waals surface area contributed by atoms with Gasteiger partial charge in [0.2, 0.25) is 0 Å². The predicted octanol–water partition coefficient (Wildman–Crippen LogP) is 1.04. The fraction of sp³-hybridized carbons (Fsp3) is 0.875. The van der Waals surface area contributed by atoms with E-state index < -0.39 is 6.16 Å². The van der Waals surface area contributed by atoms with E-state index >= 15 is 0 Å². The average molecular weight is 173 g/mol. The second-order valence-electron chi connectivity index (χ2n) is 2.93. The van der Waals surface area contributed by atoms with Crippen LogP contribution in [0.3, 0.4) is 0 Å². The first-order valence-corrected chi connectivity index (χ1v) is 4.35. The van der Waals surface area contributed by atoms with E-state index in [0.717, 1.165) is 12.8 Å². The monoisotopic (exact) mass is 173 g/mol. The second kappa shape index (κ2) is 4.30. The highest BCUT2D eigenvalue weighted by Gasteiger charge is 2.34. The highest BCUT2D eigenvalue weighted by molar-refractivity contribution is 5.62. The van der Waals surface area contributed by atoms with Crippen molar-refractivity contribution in [2.24, 2.45) is 5.73 Å². The first-order valence-electron chi connectivity index (χ1n) is 4.35. The van der Waals surface area contributed by atoms with Gasteiger partial charge in [-0.3, -0.25) is 0 Å². The molecule has 70 valence electrons. The minimum Gasteiger partial charge on any atom is -0.427 e. The van der Waals surface area contributed by atoms with E-state index in [1.54, 1.807) is 0 Å². The van der Waals surface area contributed by atoms with Gasteiger partial charge >= 0.3 is 6.16 Å². The fourth-order valence-electron chi connectivity index (χ4n) is 1.37. The molecule has 2 N–H and O–H groups in total. The van der Waals surface area contributed by atoms with E-state index in [9.17, 15) is 4.79 Å². The molecule has 1 fully saturated rings. The zero-order valence-corrected chi connectivity index (χ0v) is 7.29. The van der Waals surface area contributed by atoms with Gasteiger partial charge in [0, 0.05) is 6.42 Å². The lowest BCUT2D eigenvalue weighted by atomic mass is 10.1. The zero-order chi connectivity index (χ0) is 8.97. The SMILES string of the molecule is CCCC1OC(=O)OC1CCN. The van der Waals surface area contributed by atoms with Crippen LogP contribution in [0.25, 0.3) is 0 Å². The number of carbonyl (C=O) groups excluding carboxylic acids is 1. The molecule has 0 aromatic heterocycles. The number of hydrogen-bond donors (Lipinski definition) is 1. The van der Waals surface area contributed by atoms with Gasteiger partial charge < -0.3 is 15.2 Å². The van der Waals surface area contributed by atoms with Crippen molar-refractivity contribution in [3.63, 3.8) is 0 Å². The molecule has 0 amide bonds. The molecule has 1 aliphatic heterocycles. The topological polar surface area (TPSA) is 61.5 Å². The Hall–Kier alpha value is -0.770. The summed E-state index contributed by atoms with van der Waals surface area (Å²) in [5.74, 6) is 0. The Bertz CT molecular complexity index is 144. The Morgan fingerprint density at radius 2 is 1.92 bits per heavy atom. The van der Waals surface area contributed by atoms with Crippen LogP contribution >= 0.6 is 0 Å². The van der Waals surface area contributed by atoms with Gasteiger partial charge in [-0.1, -0.05) is 13.3 Å². The Labute approximate surface area is 72.0 Å². The zero-order valence-electron chi connectivity index (χ0n) is 7.29. The van der Waals surface area contributed by atoms with Crippen LogP contribution in [-0.2, 0) is 9.47 Å². The lowest BCUT2D eigenvalue weighted by Gasteiger charge is -2.12. The Kier molecular flexibility index (Phi) is 3.34. The van der Waals surface area contributed by atoms with E-state index in [1.807, 2.05) is 6.92 Å². The van der Waals surface area contributed by atoms with E-state index in [-0.39, 0.29) is 12.2 Å². The van der Waals surface area contributed by atoms with Crippen LogP contribution in [0.4, 0.5) is 4.79 Å². The maximum absolute atomic E-state index is 10.7. The van der Waals surface area contributed by atoms with Gasteiger partial charge in [0.15, 0.2) is 0 Å². The summed E-state index contributed by atoms with van der Waals surface area (Å²) in [6, 6.07) is 0. The first kappa shape index (κ1) is 9.32. The van der Waals surface area contributed by atoms with Crippen molar-refractivity contribution < 1.29 is 14.3 Å². The third-order valence-electron chi connectivity index (χ3n) is 1.93. The Balaban J connectivity index is 2.41. The molecule has 1 saturated heterocycles. The minimum atomic E-state index is -0.549. The quantitative estimate of drug-likeness (QED) is 0.645. The number of carbonyl (C=O) groups is 1. The Morgan fingerprint density at radius 1 is 1.33 bits per heavy atom. The van der Waals surface area contributed by atoms with Gasteiger partial charge in [-0.25, -0.2) is 4.79 Å². The number of ether oxygens (including phenoxy) is 2. The van der Waals surface area contributed by atoms with Crippen LogP contribution in [0.1, 0.15) is 26.2 Å². The van der Waals surface area contributed by atoms with E-state index in [4.69, 9.17) is 15.2 Å². The number of cyclic esters (lactones) is 2. The summed E-state index contributed by atoms with van der Waals surface area (Å²) >= 11 is 0. The molecule has 4 heteroatoms. The van der Waals surface area contributed by atoms with Crippen molar-refractivity contribution in [1.29, 1.82) is 0 Å². The van der Waals surface area contributed by atoms with Crippen LogP contribution in [0.2, 0.25) is 0 Å². The standard InChI is InChI=1S/C8H15NO3/c1-2-3-6-7(4-5-9)12-8(10)11-6/h6-7H,2-5,9H2,1H3. The van der Waals surface area contributed by atoms with Gasteiger partial charge in [0.25, 0.3) is 0 Å². The molecule has 0 aliphatic carbocycles. The predicted molar refractivity (Wildman–Crippen MR) is 43.7 cm³/mol. The van der Waals surface area contributed by atoms with Gasteiger partial charge in [-0.2, -0.15) is 0 Å². The van der Waals surface area contributed by atoms with E-state index in [0.29, 0.717) is 13.0 Å². The Morgan fingerprint density at radius 3 is 2.42 bits per heavy atom. The van der Waals surface area contributed by atoms with Crippen molar-refractivity contribution in [3.05, 3.63) is 0 Å². The molecule has 1 heterocycles. The third-order valence-corrected chi connectivity index (χ3v) is 1.93. The highest BCUT2D eigenvalue weighted by Crippen LogP contribution is 2.21. The summed E-state index contributed by atoms with van der Waals surface area (Å²) in [6.07, 6.45) is 1.79. The highest BCUT2D eigenvalue weighted by atomic mass is 16.8. The van der Waals surface area contributed by atoms with Crippen LogP contribution in [0.15, 0.2) is 0 Å². The summed E-state index contributed by atoms with van der Waals surface area (Å²) in [7, 11) is 0. The molecular weight excluding hydrogens is 158 g/mol. The number of hydrogen-bond acceptors (Lipinski definition) is 4. The molecule has 4 nitrogen and oxygen atoms in total. The molecule has 0 spiro atoms. The summed E-state index contributed by atoms with van der Waals surface area (Å²) in [5, 5.41) is 0. The number of rotatable bonds is 4. The molecule has 0 aromatic rings. The molecule has 1 rings (SSSR count). The fourth-order valence-corrected chi connectivity index (χ4v) is 1.37. The van der Waals surface area contributed by atoms with Crippen LogP contribution in [-0.4, -0.2) is 24.9 Å². The smallest absolute Gasteiger partial charge is 0.427 e. The van der Waals surface area contributed by atoms with Gasteiger partial charge in [-0.05, 0) is 13.0 Å². The van der Waals surface area contributed by atoms with Crippen LogP contribution in [0.5, 0.6) is 0 Å². The summed E-state index contributed by atoms with van der Waals surface area (Å²) in [4.78, 5) is 10.7. The molecule has 0 bridgehead atoms. The molecule has 0 saturated carbocycles. The van der Waals surface area contributed by atoms with Gasteiger partial charge in [0.1, 0.15) is 12.2 Å². The van der Waals surface area contributed by atoms with Crippen molar-refractivity contribution in [3.8, 4) is 0 Å². The molecule has 0 aromatic carbocycles.